The van der Waals surface area contributed by atoms with Crippen LogP contribution in [0.15, 0.2) is 23.8 Å². The quantitative estimate of drug-likeness (QED) is 0.612. The van der Waals surface area contributed by atoms with Crippen molar-refractivity contribution in [2.45, 2.75) is 26.2 Å². The summed E-state index contributed by atoms with van der Waals surface area (Å²) in [6.07, 6.45) is 10.8. The summed E-state index contributed by atoms with van der Waals surface area (Å²) in [4.78, 5) is 0. The summed E-state index contributed by atoms with van der Waals surface area (Å²) in [6, 6.07) is 0. The lowest BCUT2D eigenvalue weighted by molar-refractivity contribution is 0.455. The third-order valence-corrected chi connectivity index (χ3v) is 3.37. The zero-order valence-corrected chi connectivity index (χ0v) is 8.37. The van der Waals surface area contributed by atoms with Crippen molar-refractivity contribution in [2.24, 2.45) is 23.5 Å². The first-order valence-corrected chi connectivity index (χ1v) is 5.33. The first-order chi connectivity index (χ1) is 6.31. The standard InChI is InChI=1S/C12H19N/c1-9-4-2-3-5-10-7-12(10)11(6-9)8-13/h3-5,10-12H,2,6-8,13H2,1H3/b5-3-,9-4+/t10-,11?,12?/m0/s1. The van der Waals surface area contributed by atoms with Crippen LogP contribution in [-0.4, -0.2) is 6.54 Å². The molecule has 2 N–H and O–H groups in total. The van der Waals surface area contributed by atoms with Gasteiger partial charge in [0.05, 0.1) is 0 Å². The molecule has 0 spiro atoms. The Morgan fingerprint density at radius 3 is 3.15 bits per heavy atom. The fraction of sp³-hybridized carbons (Fsp3) is 0.667. The van der Waals surface area contributed by atoms with Gasteiger partial charge in [0, 0.05) is 0 Å². The normalized spacial score (nSPS) is 44.8. The molecule has 3 atom stereocenters. The van der Waals surface area contributed by atoms with Gasteiger partial charge in [-0.05, 0) is 50.5 Å². The Kier molecular flexibility index (Phi) is 2.54. The summed E-state index contributed by atoms with van der Waals surface area (Å²) in [7, 11) is 0. The summed E-state index contributed by atoms with van der Waals surface area (Å²) in [5.74, 6) is 2.49. The molecule has 0 saturated heterocycles. The maximum absolute atomic E-state index is 5.80. The second-order valence-electron chi connectivity index (χ2n) is 4.48. The Labute approximate surface area is 80.7 Å². The highest BCUT2D eigenvalue weighted by molar-refractivity contribution is 5.12. The van der Waals surface area contributed by atoms with E-state index in [1.54, 1.807) is 0 Å². The van der Waals surface area contributed by atoms with Crippen molar-refractivity contribution in [3.63, 3.8) is 0 Å². The summed E-state index contributed by atoms with van der Waals surface area (Å²) >= 11 is 0. The van der Waals surface area contributed by atoms with Crippen molar-refractivity contribution in [3.8, 4) is 0 Å². The van der Waals surface area contributed by atoms with E-state index in [-0.39, 0.29) is 0 Å². The molecule has 0 radical (unpaired) electrons. The maximum atomic E-state index is 5.80. The molecule has 1 nitrogen and oxygen atoms in total. The molecule has 0 heterocycles. The molecule has 0 amide bonds. The van der Waals surface area contributed by atoms with E-state index in [2.05, 4.69) is 25.2 Å². The summed E-state index contributed by atoms with van der Waals surface area (Å²) in [5, 5.41) is 0. The van der Waals surface area contributed by atoms with Crippen LogP contribution in [0.4, 0.5) is 0 Å². The Morgan fingerprint density at radius 2 is 2.38 bits per heavy atom. The number of rotatable bonds is 1. The van der Waals surface area contributed by atoms with Crippen molar-refractivity contribution in [1.29, 1.82) is 0 Å². The molecule has 0 aromatic rings. The van der Waals surface area contributed by atoms with Gasteiger partial charge in [-0.15, -0.1) is 0 Å². The first kappa shape index (κ1) is 9.01. The van der Waals surface area contributed by atoms with Crippen molar-refractivity contribution < 1.29 is 0 Å². The van der Waals surface area contributed by atoms with E-state index in [0.717, 1.165) is 30.7 Å². The molecule has 2 unspecified atom stereocenters. The molecule has 13 heavy (non-hydrogen) atoms. The molecule has 0 aliphatic heterocycles. The smallest absolute Gasteiger partial charge is 0.00429 e. The van der Waals surface area contributed by atoms with Gasteiger partial charge in [-0.2, -0.15) is 0 Å². The van der Waals surface area contributed by atoms with E-state index in [0.29, 0.717) is 0 Å². The fourth-order valence-electron chi connectivity index (χ4n) is 2.43. The second kappa shape index (κ2) is 3.67. The molecule has 0 aromatic carbocycles. The van der Waals surface area contributed by atoms with Crippen LogP contribution in [-0.2, 0) is 0 Å². The number of hydrogen-bond donors (Lipinski definition) is 1. The Balaban J connectivity index is 2.07. The van der Waals surface area contributed by atoms with Crippen LogP contribution in [0.2, 0.25) is 0 Å². The molecule has 2 aliphatic rings. The zero-order valence-electron chi connectivity index (χ0n) is 8.37. The van der Waals surface area contributed by atoms with E-state index >= 15 is 0 Å². The van der Waals surface area contributed by atoms with Crippen LogP contribution in [0, 0.1) is 17.8 Å². The van der Waals surface area contributed by atoms with Crippen molar-refractivity contribution in [2.75, 3.05) is 6.54 Å². The lowest BCUT2D eigenvalue weighted by Crippen LogP contribution is -2.17. The molecule has 1 heteroatoms. The van der Waals surface area contributed by atoms with Crippen LogP contribution >= 0.6 is 0 Å². The molecular weight excluding hydrogens is 158 g/mol. The monoisotopic (exact) mass is 177 g/mol. The highest BCUT2D eigenvalue weighted by atomic mass is 14.6. The summed E-state index contributed by atoms with van der Waals surface area (Å²) in [6.45, 7) is 3.10. The van der Waals surface area contributed by atoms with Gasteiger partial charge in [0.15, 0.2) is 0 Å². The summed E-state index contributed by atoms with van der Waals surface area (Å²) in [5.41, 5.74) is 7.32. The molecule has 1 saturated carbocycles. The molecule has 1 fully saturated rings. The van der Waals surface area contributed by atoms with Crippen molar-refractivity contribution in [1.82, 2.24) is 0 Å². The summed E-state index contributed by atoms with van der Waals surface area (Å²) < 4.78 is 0. The predicted octanol–water partition coefficient (Wildman–Crippen LogP) is 2.49. The SMILES string of the molecule is C/C1=C\C/C=C\[C@H]2CC2C(CN)C1. The van der Waals surface area contributed by atoms with Gasteiger partial charge >= 0.3 is 0 Å². The molecular formula is C12H19N. The van der Waals surface area contributed by atoms with E-state index in [4.69, 9.17) is 5.73 Å². The minimum Gasteiger partial charge on any atom is -0.330 e. The van der Waals surface area contributed by atoms with Crippen LogP contribution in [0.25, 0.3) is 0 Å². The Hall–Kier alpha value is -0.560. The maximum Gasteiger partial charge on any atom is -0.00429 e. The van der Waals surface area contributed by atoms with Crippen LogP contribution in [0.5, 0.6) is 0 Å². The Morgan fingerprint density at radius 1 is 1.54 bits per heavy atom. The molecule has 72 valence electrons. The first-order valence-electron chi connectivity index (χ1n) is 5.33. The molecule has 0 bridgehead atoms. The van der Waals surface area contributed by atoms with Gasteiger partial charge in [0.25, 0.3) is 0 Å². The minimum absolute atomic E-state index is 0.740. The average Bonchev–Trinajstić information content (AvgIpc) is 2.87. The van der Waals surface area contributed by atoms with Crippen molar-refractivity contribution >= 4 is 0 Å². The van der Waals surface area contributed by atoms with Gasteiger partial charge < -0.3 is 5.73 Å². The Bertz CT molecular complexity index is 240. The highest BCUT2D eigenvalue weighted by Gasteiger charge is 2.40. The lowest BCUT2D eigenvalue weighted by Gasteiger charge is -2.13. The number of hydrogen-bond acceptors (Lipinski definition) is 1. The average molecular weight is 177 g/mol. The predicted molar refractivity (Wildman–Crippen MR) is 56.3 cm³/mol. The van der Waals surface area contributed by atoms with Crippen molar-refractivity contribution in [3.05, 3.63) is 23.8 Å². The van der Waals surface area contributed by atoms with E-state index in [1.165, 1.54) is 18.4 Å². The number of nitrogens with two attached hydrogens (primary N) is 1. The van der Waals surface area contributed by atoms with Crippen LogP contribution < -0.4 is 5.73 Å². The largest absolute Gasteiger partial charge is 0.330 e. The van der Waals surface area contributed by atoms with Gasteiger partial charge in [-0.1, -0.05) is 23.8 Å². The third kappa shape index (κ3) is 2.02. The number of allylic oxidation sites excluding steroid dienone is 4. The van der Waals surface area contributed by atoms with E-state index < -0.39 is 0 Å². The van der Waals surface area contributed by atoms with Gasteiger partial charge in [0.1, 0.15) is 0 Å². The van der Waals surface area contributed by atoms with Crippen LogP contribution in [0.3, 0.4) is 0 Å². The van der Waals surface area contributed by atoms with Gasteiger partial charge in [0.2, 0.25) is 0 Å². The highest BCUT2D eigenvalue weighted by Crippen LogP contribution is 2.47. The molecule has 0 aromatic heterocycles. The van der Waals surface area contributed by atoms with E-state index in [9.17, 15) is 0 Å². The third-order valence-electron chi connectivity index (χ3n) is 3.37. The topological polar surface area (TPSA) is 26.0 Å². The van der Waals surface area contributed by atoms with E-state index in [1.807, 2.05) is 0 Å². The fourth-order valence-corrected chi connectivity index (χ4v) is 2.43. The van der Waals surface area contributed by atoms with Gasteiger partial charge in [-0.3, -0.25) is 0 Å². The van der Waals surface area contributed by atoms with Crippen LogP contribution in [0.1, 0.15) is 26.2 Å². The second-order valence-corrected chi connectivity index (χ2v) is 4.48. The molecule has 2 rings (SSSR count). The zero-order chi connectivity index (χ0) is 9.26. The minimum atomic E-state index is 0.740. The number of fused-ring (bicyclic) bond motifs is 1. The van der Waals surface area contributed by atoms with Gasteiger partial charge in [-0.25, -0.2) is 0 Å². The molecule has 2 aliphatic carbocycles. The lowest BCUT2D eigenvalue weighted by atomic mass is 9.94.